The number of rotatable bonds is 2. The molecule has 0 amide bonds. The van der Waals surface area contributed by atoms with Crippen LogP contribution < -0.4 is 16.8 Å². The molecule has 4 aromatic heterocycles. The van der Waals surface area contributed by atoms with Crippen LogP contribution in [0.3, 0.4) is 0 Å². The predicted molar refractivity (Wildman–Crippen MR) is 88.7 cm³/mol. The minimum atomic E-state index is -0.436. The summed E-state index contributed by atoms with van der Waals surface area (Å²) in [5.41, 5.74) is 0.0806. The molecule has 4 rings (SSSR count). The summed E-state index contributed by atoms with van der Waals surface area (Å²) in [5, 5.41) is 1.78. The van der Waals surface area contributed by atoms with Crippen LogP contribution in [0, 0.1) is 0 Å². The van der Waals surface area contributed by atoms with E-state index in [0.29, 0.717) is 21.8 Å². The summed E-state index contributed by atoms with van der Waals surface area (Å²) in [6.07, 6.45) is 3.14. The lowest BCUT2D eigenvalue weighted by molar-refractivity contribution is 0.701. The van der Waals surface area contributed by atoms with Crippen molar-refractivity contribution in [2.45, 2.75) is 6.54 Å². The second kappa shape index (κ2) is 4.99. The van der Waals surface area contributed by atoms with Gasteiger partial charge in [0.05, 0.1) is 18.6 Å². The molecule has 0 fully saturated rings. The van der Waals surface area contributed by atoms with Gasteiger partial charge < -0.3 is 4.57 Å². The number of hydrogen-bond donors (Lipinski definition) is 0. The number of aromatic nitrogens is 6. The van der Waals surface area contributed by atoms with Crippen LogP contribution in [0.1, 0.15) is 5.69 Å². The lowest BCUT2D eigenvalue weighted by Crippen LogP contribution is -2.37. The molecule has 4 heterocycles. The Labute approximate surface area is 137 Å². The molecule has 9 nitrogen and oxygen atoms in total. The Bertz CT molecular complexity index is 1270. The van der Waals surface area contributed by atoms with Gasteiger partial charge in [-0.05, 0) is 0 Å². The van der Waals surface area contributed by atoms with Gasteiger partial charge in [0.1, 0.15) is 0 Å². The molecule has 0 unspecified atom stereocenters. The summed E-state index contributed by atoms with van der Waals surface area (Å²) >= 11 is 1.36. The molecule has 0 bridgehead atoms. The Morgan fingerprint density at radius 2 is 1.96 bits per heavy atom. The van der Waals surface area contributed by atoms with Crippen molar-refractivity contribution in [3.63, 3.8) is 0 Å². The van der Waals surface area contributed by atoms with Crippen molar-refractivity contribution in [1.29, 1.82) is 0 Å². The molecule has 10 heteroatoms. The highest BCUT2D eigenvalue weighted by Crippen LogP contribution is 2.10. The molecule has 0 aliphatic rings. The quantitative estimate of drug-likeness (QED) is 0.491. The maximum absolute atomic E-state index is 12.4. The SMILES string of the molecule is Cn1c(=O)c2c(ncn2Cc2cc(=O)n3ccsc3n2)n(C)c1=O. The van der Waals surface area contributed by atoms with E-state index < -0.39 is 11.2 Å². The Morgan fingerprint density at radius 1 is 1.17 bits per heavy atom. The third-order valence-electron chi connectivity index (χ3n) is 3.91. The van der Waals surface area contributed by atoms with Gasteiger partial charge in [-0.3, -0.25) is 23.1 Å². The maximum atomic E-state index is 12.4. The van der Waals surface area contributed by atoms with Gasteiger partial charge in [-0.2, -0.15) is 0 Å². The Kier molecular flexibility index (Phi) is 3.03. The average Bonchev–Trinajstić information content (AvgIpc) is 3.18. The van der Waals surface area contributed by atoms with Gasteiger partial charge in [0.25, 0.3) is 11.1 Å². The van der Waals surface area contributed by atoms with Gasteiger partial charge in [0, 0.05) is 31.7 Å². The first-order chi connectivity index (χ1) is 11.5. The van der Waals surface area contributed by atoms with Crippen molar-refractivity contribution in [3.05, 3.63) is 60.9 Å². The smallest absolute Gasteiger partial charge is 0.319 e. The molecule has 24 heavy (non-hydrogen) atoms. The minimum Gasteiger partial charge on any atom is -0.319 e. The van der Waals surface area contributed by atoms with Gasteiger partial charge in [-0.15, -0.1) is 11.3 Å². The molecule has 0 radical (unpaired) electrons. The summed E-state index contributed by atoms with van der Waals surface area (Å²) in [7, 11) is 2.98. The monoisotopic (exact) mass is 344 g/mol. The van der Waals surface area contributed by atoms with Crippen molar-refractivity contribution in [1.82, 2.24) is 28.1 Å². The Balaban J connectivity index is 1.92. The lowest BCUT2D eigenvalue weighted by Gasteiger charge is -2.06. The summed E-state index contributed by atoms with van der Waals surface area (Å²) in [5.74, 6) is 0. The Hall–Kier alpha value is -3.01. The fourth-order valence-corrected chi connectivity index (χ4v) is 3.40. The third-order valence-corrected chi connectivity index (χ3v) is 4.66. The van der Waals surface area contributed by atoms with Crippen LogP contribution in [0.2, 0.25) is 0 Å². The van der Waals surface area contributed by atoms with Crippen molar-refractivity contribution < 1.29 is 0 Å². The molecular weight excluding hydrogens is 332 g/mol. The molecule has 0 aliphatic carbocycles. The van der Waals surface area contributed by atoms with Gasteiger partial charge in [0.15, 0.2) is 16.1 Å². The first-order valence-electron chi connectivity index (χ1n) is 7.04. The van der Waals surface area contributed by atoms with E-state index in [1.807, 2.05) is 0 Å². The highest BCUT2D eigenvalue weighted by molar-refractivity contribution is 7.15. The molecular formula is C14H12N6O3S. The van der Waals surface area contributed by atoms with E-state index in [1.165, 1.54) is 39.7 Å². The molecule has 122 valence electrons. The summed E-state index contributed by atoms with van der Waals surface area (Å²) in [6, 6.07) is 1.43. The molecule has 0 atom stereocenters. The summed E-state index contributed by atoms with van der Waals surface area (Å²) in [6.45, 7) is 0.216. The van der Waals surface area contributed by atoms with Crippen LogP contribution >= 0.6 is 11.3 Å². The largest absolute Gasteiger partial charge is 0.332 e. The summed E-state index contributed by atoms with van der Waals surface area (Å²) in [4.78, 5) is 45.6. The van der Waals surface area contributed by atoms with E-state index in [2.05, 4.69) is 9.97 Å². The van der Waals surface area contributed by atoms with E-state index in [4.69, 9.17) is 0 Å². The first-order valence-corrected chi connectivity index (χ1v) is 7.92. The number of thiazole rings is 1. The first kappa shape index (κ1) is 14.6. The Morgan fingerprint density at radius 3 is 2.75 bits per heavy atom. The fraction of sp³-hybridized carbons (Fsp3) is 0.214. The van der Waals surface area contributed by atoms with Gasteiger partial charge in [0.2, 0.25) is 0 Å². The zero-order valence-electron chi connectivity index (χ0n) is 12.8. The van der Waals surface area contributed by atoms with E-state index in [-0.39, 0.29) is 12.1 Å². The van der Waals surface area contributed by atoms with Crippen LogP contribution in [-0.2, 0) is 20.6 Å². The third kappa shape index (κ3) is 1.96. The molecule has 0 aliphatic heterocycles. The number of imidazole rings is 1. The van der Waals surface area contributed by atoms with Gasteiger partial charge in [-0.1, -0.05) is 0 Å². The van der Waals surface area contributed by atoms with Gasteiger partial charge in [-0.25, -0.2) is 14.8 Å². The van der Waals surface area contributed by atoms with Crippen LogP contribution in [0.5, 0.6) is 0 Å². The predicted octanol–water partition coefficient (Wildman–Crippen LogP) is -0.449. The zero-order valence-corrected chi connectivity index (χ0v) is 13.6. The number of fused-ring (bicyclic) bond motifs is 2. The fourth-order valence-electron chi connectivity index (χ4n) is 2.66. The summed E-state index contributed by atoms with van der Waals surface area (Å²) < 4.78 is 5.41. The van der Waals surface area contributed by atoms with Gasteiger partial charge >= 0.3 is 5.69 Å². The maximum Gasteiger partial charge on any atom is 0.332 e. The van der Waals surface area contributed by atoms with Crippen molar-refractivity contribution in [2.75, 3.05) is 0 Å². The highest BCUT2D eigenvalue weighted by atomic mass is 32.1. The van der Waals surface area contributed by atoms with Crippen LogP contribution in [-0.4, -0.2) is 28.1 Å². The van der Waals surface area contributed by atoms with E-state index in [9.17, 15) is 14.4 Å². The number of hydrogen-bond acceptors (Lipinski definition) is 6. The zero-order chi connectivity index (χ0) is 17.0. The molecule has 0 saturated carbocycles. The van der Waals surface area contributed by atoms with Crippen molar-refractivity contribution in [2.24, 2.45) is 14.1 Å². The molecule has 0 saturated heterocycles. The second-order valence-corrected chi connectivity index (χ2v) is 6.26. The number of nitrogens with zero attached hydrogens (tertiary/aromatic N) is 6. The normalized spacial score (nSPS) is 11.6. The molecule has 0 N–H and O–H groups in total. The van der Waals surface area contributed by atoms with Crippen molar-refractivity contribution >= 4 is 27.5 Å². The highest BCUT2D eigenvalue weighted by Gasteiger charge is 2.15. The average molecular weight is 344 g/mol. The molecule has 4 aromatic rings. The molecule has 0 aromatic carbocycles. The van der Waals surface area contributed by atoms with E-state index in [0.717, 1.165) is 4.57 Å². The van der Waals surface area contributed by atoms with Crippen LogP contribution in [0.15, 0.2) is 38.4 Å². The van der Waals surface area contributed by atoms with E-state index >= 15 is 0 Å². The minimum absolute atomic E-state index is 0.180. The standard InChI is InChI=1S/C14H12N6O3S/c1-17-11-10(12(22)18(2)14(17)23)19(7-15-11)6-8-5-9(21)20-3-4-24-13(20)16-8/h3-5,7H,6H2,1-2H3. The topological polar surface area (TPSA) is 96.2 Å². The second-order valence-electron chi connectivity index (χ2n) is 5.39. The van der Waals surface area contributed by atoms with Crippen molar-refractivity contribution in [3.8, 4) is 0 Å². The van der Waals surface area contributed by atoms with Crippen LogP contribution in [0.4, 0.5) is 0 Å². The molecule has 0 spiro atoms. The van der Waals surface area contributed by atoms with E-state index in [1.54, 1.807) is 23.2 Å². The van der Waals surface area contributed by atoms with Crippen LogP contribution in [0.25, 0.3) is 16.1 Å². The lowest BCUT2D eigenvalue weighted by atomic mass is 10.4. The number of aryl methyl sites for hydroxylation is 1.